The number of anilines is 1. The molecule has 0 aromatic heterocycles. The molecular formula is C33H53N. The van der Waals surface area contributed by atoms with Crippen LogP contribution in [0.15, 0.2) is 24.3 Å². The Hall–Kier alpha value is -0.980. The fraction of sp³-hybridized carbons (Fsp3) is 0.818. The molecule has 4 saturated carbocycles. The smallest absolute Gasteiger partial charge is 0.0349 e. The van der Waals surface area contributed by atoms with Gasteiger partial charge in [0.2, 0.25) is 0 Å². The molecule has 1 nitrogen and oxygen atoms in total. The molecule has 34 heavy (non-hydrogen) atoms. The molecule has 0 amide bonds. The molecule has 1 aromatic rings. The molecule has 2 N–H and O–H groups in total. The predicted molar refractivity (Wildman–Crippen MR) is 147 cm³/mol. The molecule has 4 fully saturated rings. The Morgan fingerprint density at radius 3 is 2.32 bits per heavy atom. The summed E-state index contributed by atoms with van der Waals surface area (Å²) in [7, 11) is 0. The molecule has 190 valence electrons. The van der Waals surface area contributed by atoms with Crippen LogP contribution in [0.5, 0.6) is 0 Å². The van der Waals surface area contributed by atoms with Gasteiger partial charge in [-0.2, -0.15) is 0 Å². The molecule has 0 bridgehead atoms. The topological polar surface area (TPSA) is 26.0 Å². The van der Waals surface area contributed by atoms with Crippen LogP contribution in [-0.2, 0) is 0 Å². The van der Waals surface area contributed by atoms with Gasteiger partial charge in [0.1, 0.15) is 0 Å². The third-order valence-electron chi connectivity index (χ3n) is 12.3. The molecule has 0 aliphatic heterocycles. The van der Waals surface area contributed by atoms with E-state index in [0.717, 1.165) is 47.1 Å². The summed E-state index contributed by atoms with van der Waals surface area (Å²) >= 11 is 0. The van der Waals surface area contributed by atoms with Crippen LogP contribution in [-0.4, -0.2) is 0 Å². The van der Waals surface area contributed by atoms with E-state index in [1.807, 2.05) is 0 Å². The first-order valence-electron chi connectivity index (χ1n) is 15.1. The van der Waals surface area contributed by atoms with E-state index in [-0.39, 0.29) is 0 Å². The van der Waals surface area contributed by atoms with Crippen molar-refractivity contribution in [3.05, 3.63) is 29.8 Å². The van der Waals surface area contributed by atoms with Gasteiger partial charge in [0.05, 0.1) is 0 Å². The first kappa shape index (κ1) is 24.7. The Morgan fingerprint density at radius 1 is 0.824 bits per heavy atom. The highest BCUT2D eigenvalue weighted by atomic mass is 14.7. The predicted octanol–water partition coefficient (Wildman–Crippen LogP) is 9.47. The van der Waals surface area contributed by atoms with Crippen LogP contribution < -0.4 is 5.73 Å². The summed E-state index contributed by atoms with van der Waals surface area (Å²) in [5.41, 5.74) is 10.2. The molecule has 0 saturated heterocycles. The van der Waals surface area contributed by atoms with Crippen molar-refractivity contribution in [1.29, 1.82) is 0 Å². The minimum absolute atomic E-state index is 0.524. The Labute approximate surface area is 211 Å². The van der Waals surface area contributed by atoms with Crippen LogP contribution in [0.4, 0.5) is 5.69 Å². The summed E-state index contributed by atoms with van der Waals surface area (Å²) in [5, 5.41) is 0. The van der Waals surface area contributed by atoms with Crippen LogP contribution in [0.1, 0.15) is 123 Å². The summed E-state index contributed by atoms with van der Waals surface area (Å²) in [5.74, 6) is 7.19. The number of nitrogens with two attached hydrogens (primary N) is 1. The summed E-state index contributed by atoms with van der Waals surface area (Å²) in [4.78, 5) is 0. The molecular weight excluding hydrogens is 410 g/mol. The minimum Gasteiger partial charge on any atom is -0.398 e. The van der Waals surface area contributed by atoms with E-state index in [2.05, 4.69) is 58.9 Å². The Kier molecular flexibility index (Phi) is 6.89. The second-order valence-corrected chi connectivity index (χ2v) is 14.2. The number of fused-ring (bicyclic) bond motifs is 5. The maximum Gasteiger partial charge on any atom is 0.0349 e. The van der Waals surface area contributed by atoms with Crippen LogP contribution in [0.25, 0.3) is 0 Å². The highest BCUT2D eigenvalue weighted by Crippen LogP contribution is 2.69. The van der Waals surface area contributed by atoms with Gasteiger partial charge < -0.3 is 5.73 Å². The zero-order chi connectivity index (χ0) is 24.1. The van der Waals surface area contributed by atoms with Crippen LogP contribution in [0.3, 0.4) is 0 Å². The molecule has 1 heteroatoms. The highest BCUT2D eigenvalue weighted by molar-refractivity contribution is 5.49. The molecule has 0 radical (unpaired) electrons. The van der Waals surface area contributed by atoms with E-state index in [1.165, 1.54) is 82.6 Å². The first-order valence-corrected chi connectivity index (χ1v) is 15.1. The minimum atomic E-state index is 0.524. The summed E-state index contributed by atoms with van der Waals surface area (Å²) in [6.45, 7) is 12.9. The summed E-state index contributed by atoms with van der Waals surface area (Å²) in [6, 6.07) is 8.81. The highest BCUT2D eigenvalue weighted by Gasteiger charge is 2.61. The lowest BCUT2D eigenvalue weighted by Crippen LogP contribution is -2.54. The number of nitrogen functional groups attached to an aromatic ring is 1. The van der Waals surface area contributed by atoms with E-state index in [0.29, 0.717) is 16.7 Å². The van der Waals surface area contributed by atoms with Gasteiger partial charge in [-0.25, -0.2) is 0 Å². The lowest BCUT2D eigenvalue weighted by Gasteiger charge is -2.62. The third kappa shape index (κ3) is 4.06. The van der Waals surface area contributed by atoms with E-state index >= 15 is 0 Å². The molecule has 4 aliphatic rings. The quantitative estimate of drug-likeness (QED) is 0.418. The lowest BCUT2D eigenvalue weighted by atomic mass is 9.43. The fourth-order valence-electron chi connectivity index (χ4n) is 10.7. The van der Waals surface area contributed by atoms with Crippen LogP contribution >= 0.6 is 0 Å². The van der Waals surface area contributed by atoms with Crippen LogP contribution in [0, 0.1) is 52.3 Å². The second-order valence-electron chi connectivity index (χ2n) is 14.2. The van der Waals surface area contributed by atoms with Crippen molar-refractivity contribution < 1.29 is 0 Å². The van der Waals surface area contributed by atoms with Gasteiger partial charge in [0.25, 0.3) is 0 Å². The Morgan fingerprint density at radius 2 is 1.56 bits per heavy atom. The van der Waals surface area contributed by atoms with Gasteiger partial charge in [-0.15, -0.1) is 0 Å². The molecule has 1 aromatic carbocycles. The number of rotatable bonds is 6. The maximum atomic E-state index is 6.53. The molecule has 2 unspecified atom stereocenters. The van der Waals surface area contributed by atoms with Gasteiger partial charge in [0, 0.05) is 5.69 Å². The van der Waals surface area contributed by atoms with E-state index in [4.69, 9.17) is 5.73 Å². The van der Waals surface area contributed by atoms with Crippen molar-refractivity contribution in [2.24, 2.45) is 52.3 Å². The zero-order valence-corrected chi connectivity index (χ0v) is 23.0. The average molecular weight is 464 g/mol. The molecule has 4 aliphatic carbocycles. The van der Waals surface area contributed by atoms with Gasteiger partial charge in [0.15, 0.2) is 0 Å². The Balaban J connectivity index is 1.34. The average Bonchev–Trinajstić information content (AvgIpc) is 3.15. The number of benzene rings is 1. The van der Waals surface area contributed by atoms with Gasteiger partial charge in [-0.05, 0) is 121 Å². The Bertz CT molecular complexity index is 843. The van der Waals surface area contributed by atoms with E-state index < -0.39 is 0 Å². The van der Waals surface area contributed by atoms with Crippen molar-refractivity contribution in [2.45, 2.75) is 118 Å². The molecule has 5 rings (SSSR count). The fourth-order valence-corrected chi connectivity index (χ4v) is 10.7. The number of para-hydroxylation sites is 1. The summed E-state index contributed by atoms with van der Waals surface area (Å²) < 4.78 is 0. The lowest BCUT2D eigenvalue weighted by molar-refractivity contribution is -0.120. The molecule has 9 atom stereocenters. The van der Waals surface area contributed by atoms with Crippen molar-refractivity contribution in [3.63, 3.8) is 0 Å². The molecule has 0 heterocycles. The largest absolute Gasteiger partial charge is 0.398 e. The number of hydrogen-bond acceptors (Lipinski definition) is 1. The third-order valence-corrected chi connectivity index (χ3v) is 12.3. The standard InChI is InChI=1S/C33H53N/c1-22(2)10-8-11-23(3)27-17-18-29-26-15-16-28-24(25-12-6-7-14-31(25)34)13-9-20-32(28,4)30(26)19-21-33(27,29)5/h6-7,12,14,22-24,26-30H,8-11,13,15-21,34H2,1-5H3/t23-,24?,26+,27-,28?,29+,30+,32+,33-/m1/s1. The SMILES string of the molecule is CC(C)CCC[C@@H](C)[C@H]1CC[C@H]2[C@@H]3CCC4C(c5ccccc5N)CCC[C@]4(C)[C@H]3CC[C@]12C. The maximum absolute atomic E-state index is 6.53. The van der Waals surface area contributed by atoms with E-state index in [9.17, 15) is 0 Å². The normalized spacial score (nSPS) is 42.6. The van der Waals surface area contributed by atoms with E-state index in [1.54, 1.807) is 0 Å². The number of hydrogen-bond donors (Lipinski definition) is 1. The zero-order valence-electron chi connectivity index (χ0n) is 23.0. The van der Waals surface area contributed by atoms with Crippen molar-refractivity contribution >= 4 is 5.69 Å². The first-order chi connectivity index (χ1) is 16.3. The second kappa shape index (κ2) is 9.48. The van der Waals surface area contributed by atoms with Gasteiger partial charge in [-0.1, -0.05) is 78.5 Å². The monoisotopic (exact) mass is 463 g/mol. The van der Waals surface area contributed by atoms with Crippen molar-refractivity contribution in [1.82, 2.24) is 0 Å². The summed E-state index contributed by atoms with van der Waals surface area (Å²) in [6.07, 6.45) is 17.5. The van der Waals surface area contributed by atoms with Crippen LogP contribution in [0.2, 0.25) is 0 Å². The molecule has 0 spiro atoms. The van der Waals surface area contributed by atoms with Crippen molar-refractivity contribution in [3.8, 4) is 0 Å². The van der Waals surface area contributed by atoms with Gasteiger partial charge >= 0.3 is 0 Å². The van der Waals surface area contributed by atoms with Crippen molar-refractivity contribution in [2.75, 3.05) is 5.73 Å². The van der Waals surface area contributed by atoms with Gasteiger partial charge in [-0.3, -0.25) is 0 Å².